The van der Waals surface area contributed by atoms with Gasteiger partial charge in [0.25, 0.3) is 0 Å². The van der Waals surface area contributed by atoms with Gasteiger partial charge in [-0.1, -0.05) is 6.92 Å². The Labute approximate surface area is 72.4 Å². The van der Waals surface area contributed by atoms with Crippen molar-refractivity contribution >= 4 is 0 Å². The Hall–Kier alpha value is -0.830. The van der Waals surface area contributed by atoms with E-state index < -0.39 is 0 Å². The topological polar surface area (TPSA) is 29.3 Å². The van der Waals surface area contributed by atoms with E-state index in [1.54, 1.807) is 6.39 Å². The molecule has 0 aliphatic carbocycles. The van der Waals surface area contributed by atoms with Crippen molar-refractivity contribution in [1.82, 2.24) is 9.88 Å². The number of likely N-dealkylation sites (tertiary alicyclic amines) is 1. The minimum absolute atomic E-state index is 0.948. The molecular formula is C9H14N2O. The Morgan fingerprint density at radius 1 is 1.58 bits per heavy atom. The highest BCUT2D eigenvalue weighted by molar-refractivity contribution is 5.07. The van der Waals surface area contributed by atoms with Crippen LogP contribution >= 0.6 is 0 Å². The van der Waals surface area contributed by atoms with Crippen LogP contribution in [0, 0.1) is 0 Å². The van der Waals surface area contributed by atoms with Gasteiger partial charge in [0.15, 0.2) is 6.39 Å². The summed E-state index contributed by atoms with van der Waals surface area (Å²) in [5.74, 6) is 1.04. The molecular weight excluding hydrogens is 152 g/mol. The SMILES string of the molecule is CCc1ocnc1CN1CCC1. The standard InChI is InChI=1S/C9H14N2O/c1-2-9-8(10-7-12-9)6-11-4-3-5-11/h7H,2-6H2,1H3. The second-order valence-corrected chi connectivity index (χ2v) is 3.21. The van der Waals surface area contributed by atoms with Gasteiger partial charge in [-0.2, -0.15) is 0 Å². The van der Waals surface area contributed by atoms with Crippen molar-refractivity contribution in [3.05, 3.63) is 17.8 Å². The van der Waals surface area contributed by atoms with E-state index in [-0.39, 0.29) is 0 Å². The average Bonchev–Trinajstić information content (AvgIpc) is 2.43. The summed E-state index contributed by atoms with van der Waals surface area (Å²) in [6.45, 7) is 5.51. The number of oxazole rings is 1. The Morgan fingerprint density at radius 2 is 2.42 bits per heavy atom. The zero-order valence-electron chi connectivity index (χ0n) is 7.42. The van der Waals surface area contributed by atoms with Crippen LogP contribution in [-0.2, 0) is 13.0 Å². The van der Waals surface area contributed by atoms with Crippen molar-refractivity contribution in [1.29, 1.82) is 0 Å². The lowest BCUT2D eigenvalue weighted by Gasteiger charge is -2.29. The van der Waals surface area contributed by atoms with Gasteiger partial charge in [-0.05, 0) is 19.5 Å². The largest absolute Gasteiger partial charge is 0.448 e. The maximum atomic E-state index is 5.25. The van der Waals surface area contributed by atoms with Crippen LogP contribution in [-0.4, -0.2) is 23.0 Å². The summed E-state index contributed by atoms with van der Waals surface area (Å²) < 4.78 is 5.25. The first-order valence-electron chi connectivity index (χ1n) is 4.53. The molecule has 3 nitrogen and oxygen atoms in total. The smallest absolute Gasteiger partial charge is 0.181 e. The molecule has 0 amide bonds. The number of rotatable bonds is 3. The Balaban J connectivity index is 2.00. The minimum Gasteiger partial charge on any atom is -0.448 e. The fraction of sp³-hybridized carbons (Fsp3) is 0.667. The minimum atomic E-state index is 0.948. The molecule has 1 aromatic rings. The predicted molar refractivity (Wildman–Crippen MR) is 45.8 cm³/mol. The van der Waals surface area contributed by atoms with E-state index in [4.69, 9.17) is 4.42 Å². The first-order chi connectivity index (χ1) is 5.90. The lowest BCUT2D eigenvalue weighted by Crippen LogP contribution is -2.36. The summed E-state index contributed by atoms with van der Waals surface area (Å²) in [4.78, 5) is 6.59. The molecule has 66 valence electrons. The lowest BCUT2D eigenvalue weighted by atomic mass is 10.2. The van der Waals surface area contributed by atoms with Crippen molar-refractivity contribution in [2.45, 2.75) is 26.3 Å². The first-order valence-corrected chi connectivity index (χ1v) is 4.53. The summed E-state index contributed by atoms with van der Waals surface area (Å²) in [5.41, 5.74) is 1.12. The van der Waals surface area contributed by atoms with Crippen LogP contribution in [0.2, 0.25) is 0 Å². The summed E-state index contributed by atoms with van der Waals surface area (Å²) >= 11 is 0. The Bertz CT molecular complexity index is 253. The fourth-order valence-electron chi connectivity index (χ4n) is 1.46. The quantitative estimate of drug-likeness (QED) is 0.680. The third kappa shape index (κ3) is 1.37. The molecule has 0 unspecified atom stereocenters. The van der Waals surface area contributed by atoms with E-state index in [0.29, 0.717) is 0 Å². The van der Waals surface area contributed by atoms with E-state index in [1.807, 2.05) is 0 Å². The maximum Gasteiger partial charge on any atom is 0.181 e. The van der Waals surface area contributed by atoms with Crippen LogP contribution < -0.4 is 0 Å². The fourth-order valence-corrected chi connectivity index (χ4v) is 1.46. The van der Waals surface area contributed by atoms with Gasteiger partial charge < -0.3 is 4.42 Å². The molecule has 3 heteroatoms. The van der Waals surface area contributed by atoms with E-state index in [1.165, 1.54) is 19.5 Å². The number of hydrogen-bond acceptors (Lipinski definition) is 3. The molecule has 0 saturated carbocycles. The van der Waals surface area contributed by atoms with Crippen LogP contribution in [0.1, 0.15) is 24.8 Å². The predicted octanol–water partition coefficient (Wildman–Crippen LogP) is 1.44. The number of nitrogens with zero attached hydrogens (tertiary/aromatic N) is 2. The van der Waals surface area contributed by atoms with Crippen molar-refractivity contribution in [3.63, 3.8) is 0 Å². The zero-order chi connectivity index (χ0) is 8.39. The lowest BCUT2D eigenvalue weighted by molar-refractivity contribution is 0.169. The summed E-state index contributed by atoms with van der Waals surface area (Å²) in [5, 5.41) is 0. The van der Waals surface area contributed by atoms with Crippen LogP contribution in [0.4, 0.5) is 0 Å². The average molecular weight is 166 g/mol. The van der Waals surface area contributed by atoms with Gasteiger partial charge in [-0.15, -0.1) is 0 Å². The van der Waals surface area contributed by atoms with Crippen LogP contribution in [0.3, 0.4) is 0 Å². The molecule has 1 fully saturated rings. The van der Waals surface area contributed by atoms with Gasteiger partial charge in [0.2, 0.25) is 0 Å². The monoisotopic (exact) mass is 166 g/mol. The molecule has 1 aliphatic heterocycles. The van der Waals surface area contributed by atoms with Gasteiger partial charge in [-0.25, -0.2) is 4.98 Å². The third-order valence-electron chi connectivity index (χ3n) is 2.37. The van der Waals surface area contributed by atoms with Crippen molar-refractivity contribution < 1.29 is 4.42 Å². The van der Waals surface area contributed by atoms with E-state index in [2.05, 4.69) is 16.8 Å². The van der Waals surface area contributed by atoms with Crippen LogP contribution in [0.15, 0.2) is 10.8 Å². The van der Waals surface area contributed by atoms with Crippen LogP contribution in [0.5, 0.6) is 0 Å². The zero-order valence-corrected chi connectivity index (χ0v) is 7.42. The molecule has 0 N–H and O–H groups in total. The molecule has 0 spiro atoms. The highest BCUT2D eigenvalue weighted by atomic mass is 16.3. The molecule has 0 aromatic carbocycles. The molecule has 2 heterocycles. The third-order valence-corrected chi connectivity index (χ3v) is 2.37. The highest BCUT2D eigenvalue weighted by Crippen LogP contribution is 2.14. The van der Waals surface area contributed by atoms with Crippen molar-refractivity contribution in [3.8, 4) is 0 Å². The second kappa shape index (κ2) is 3.27. The maximum absolute atomic E-state index is 5.25. The van der Waals surface area contributed by atoms with E-state index in [9.17, 15) is 0 Å². The Kier molecular flexibility index (Phi) is 2.13. The Morgan fingerprint density at radius 3 is 3.00 bits per heavy atom. The van der Waals surface area contributed by atoms with Gasteiger partial charge in [0.1, 0.15) is 5.76 Å². The normalized spacial score (nSPS) is 17.8. The van der Waals surface area contributed by atoms with Gasteiger partial charge in [0.05, 0.1) is 5.69 Å². The van der Waals surface area contributed by atoms with Crippen molar-refractivity contribution in [2.24, 2.45) is 0 Å². The number of aromatic nitrogens is 1. The van der Waals surface area contributed by atoms with Gasteiger partial charge >= 0.3 is 0 Å². The van der Waals surface area contributed by atoms with Crippen molar-refractivity contribution in [2.75, 3.05) is 13.1 Å². The summed E-state index contributed by atoms with van der Waals surface area (Å²) in [6, 6.07) is 0. The first kappa shape index (κ1) is 7.80. The molecule has 0 bridgehead atoms. The highest BCUT2D eigenvalue weighted by Gasteiger charge is 2.16. The van der Waals surface area contributed by atoms with Crippen LogP contribution in [0.25, 0.3) is 0 Å². The number of hydrogen-bond donors (Lipinski definition) is 0. The second-order valence-electron chi connectivity index (χ2n) is 3.21. The number of aryl methyl sites for hydroxylation is 1. The van der Waals surface area contributed by atoms with E-state index in [0.717, 1.165) is 24.4 Å². The van der Waals surface area contributed by atoms with Gasteiger partial charge in [-0.3, -0.25) is 4.90 Å². The summed E-state index contributed by atoms with van der Waals surface area (Å²) in [6.07, 6.45) is 3.83. The van der Waals surface area contributed by atoms with Gasteiger partial charge in [0, 0.05) is 13.0 Å². The molecule has 1 saturated heterocycles. The molecule has 0 atom stereocenters. The molecule has 2 rings (SSSR count). The molecule has 1 aliphatic rings. The summed E-state index contributed by atoms with van der Waals surface area (Å²) in [7, 11) is 0. The van der Waals surface area contributed by atoms with E-state index >= 15 is 0 Å². The molecule has 1 aromatic heterocycles. The molecule has 12 heavy (non-hydrogen) atoms. The molecule has 0 radical (unpaired) electrons.